The van der Waals surface area contributed by atoms with E-state index < -0.39 is 0 Å². The van der Waals surface area contributed by atoms with E-state index in [-0.39, 0.29) is 26.7 Å². The van der Waals surface area contributed by atoms with E-state index in [2.05, 4.69) is 4.98 Å². The summed E-state index contributed by atoms with van der Waals surface area (Å²) < 4.78 is 0. The molecule has 0 aliphatic carbocycles. The number of pyridine rings is 1. The Morgan fingerprint density at radius 1 is 1.00 bits per heavy atom. The molecule has 11 heavy (non-hydrogen) atoms. The Kier molecular flexibility index (Phi) is 2.32. The smallest absolute Gasteiger partial charge is 0.151 e. The zero-order valence-corrected chi connectivity index (χ0v) is 7.50. The number of aromatic nitrogens is 1. The van der Waals surface area contributed by atoms with Crippen molar-refractivity contribution < 1.29 is 0 Å². The molecule has 3 nitrogen and oxygen atoms in total. The molecule has 0 saturated heterocycles. The van der Waals surface area contributed by atoms with E-state index in [1.807, 2.05) is 0 Å². The lowest BCUT2D eigenvalue weighted by atomic mass is 10.4. The van der Waals surface area contributed by atoms with E-state index in [1.54, 1.807) is 0 Å². The third-order valence-corrected chi connectivity index (χ3v) is 2.33. The van der Waals surface area contributed by atoms with Gasteiger partial charge in [0.2, 0.25) is 0 Å². The number of hydrogen-bond acceptors (Lipinski definition) is 3. The number of nitrogen functional groups attached to an aromatic ring is 2. The van der Waals surface area contributed by atoms with Crippen LogP contribution >= 0.6 is 34.8 Å². The highest BCUT2D eigenvalue weighted by Gasteiger charge is 2.11. The normalized spacial score (nSPS) is 10.1. The van der Waals surface area contributed by atoms with Crippen LogP contribution in [0.2, 0.25) is 15.2 Å². The van der Waals surface area contributed by atoms with Gasteiger partial charge in [-0.25, -0.2) is 4.98 Å². The fourth-order valence-electron chi connectivity index (χ4n) is 0.536. The summed E-state index contributed by atoms with van der Waals surface area (Å²) in [5.74, 6) is 0.0874. The van der Waals surface area contributed by atoms with Gasteiger partial charge in [0.1, 0.15) is 5.82 Å². The van der Waals surface area contributed by atoms with Crippen LogP contribution in [0.25, 0.3) is 0 Å². The van der Waals surface area contributed by atoms with Crippen LogP contribution in [0.1, 0.15) is 0 Å². The van der Waals surface area contributed by atoms with Crippen molar-refractivity contribution in [2.24, 2.45) is 0 Å². The minimum atomic E-state index is 0.0587. The third-order valence-electron chi connectivity index (χ3n) is 1.10. The predicted octanol–water partition coefficient (Wildman–Crippen LogP) is 2.21. The molecule has 0 radical (unpaired) electrons. The quantitative estimate of drug-likeness (QED) is 0.648. The molecule has 0 aliphatic heterocycles. The van der Waals surface area contributed by atoms with Crippen molar-refractivity contribution in [3.63, 3.8) is 0 Å². The SMILES string of the molecule is Nc1nc(Cl)c(Cl)c(Cl)c1N. The average molecular weight is 212 g/mol. The zero-order chi connectivity index (χ0) is 8.59. The first kappa shape index (κ1) is 8.71. The fraction of sp³-hybridized carbons (Fsp3) is 0. The van der Waals surface area contributed by atoms with Crippen molar-refractivity contribution in [2.75, 3.05) is 11.5 Å². The van der Waals surface area contributed by atoms with Crippen LogP contribution in [0.4, 0.5) is 11.5 Å². The van der Waals surface area contributed by atoms with Crippen LogP contribution in [0.15, 0.2) is 0 Å². The van der Waals surface area contributed by atoms with Crippen LogP contribution in [0.5, 0.6) is 0 Å². The first-order valence-corrected chi connectivity index (χ1v) is 3.73. The molecule has 0 atom stereocenters. The molecule has 6 heteroatoms. The Balaban J connectivity index is 3.46. The molecule has 60 valence electrons. The van der Waals surface area contributed by atoms with E-state index in [0.29, 0.717) is 0 Å². The molecule has 0 fully saturated rings. The second-order valence-corrected chi connectivity index (χ2v) is 2.94. The lowest BCUT2D eigenvalue weighted by Gasteiger charge is -2.04. The average Bonchev–Trinajstić information content (AvgIpc) is 1.97. The van der Waals surface area contributed by atoms with Crippen molar-refractivity contribution >= 4 is 46.3 Å². The molecule has 1 heterocycles. The molecule has 0 amide bonds. The lowest BCUT2D eigenvalue weighted by molar-refractivity contribution is 1.34. The second-order valence-electron chi connectivity index (χ2n) is 1.83. The number of nitrogens with two attached hydrogens (primary N) is 2. The summed E-state index contributed by atoms with van der Waals surface area (Å²) in [5, 5.41) is 0.326. The summed E-state index contributed by atoms with van der Waals surface area (Å²) in [7, 11) is 0. The minimum absolute atomic E-state index is 0.0587. The van der Waals surface area contributed by atoms with Gasteiger partial charge in [-0.1, -0.05) is 34.8 Å². The summed E-state index contributed by atoms with van der Waals surface area (Å²) >= 11 is 16.7. The molecule has 1 aromatic heterocycles. The number of hydrogen-bond donors (Lipinski definition) is 2. The van der Waals surface area contributed by atoms with Crippen LogP contribution in [0.3, 0.4) is 0 Å². The van der Waals surface area contributed by atoms with Gasteiger partial charge in [0, 0.05) is 0 Å². The van der Waals surface area contributed by atoms with Gasteiger partial charge in [-0.15, -0.1) is 0 Å². The van der Waals surface area contributed by atoms with Gasteiger partial charge in [0.25, 0.3) is 0 Å². The molecule has 0 bridgehead atoms. The first-order chi connectivity index (χ1) is 5.04. The van der Waals surface area contributed by atoms with Gasteiger partial charge in [-0.05, 0) is 0 Å². The molecule has 4 N–H and O–H groups in total. The highest BCUT2D eigenvalue weighted by molar-refractivity contribution is 6.48. The van der Waals surface area contributed by atoms with E-state index >= 15 is 0 Å². The van der Waals surface area contributed by atoms with Gasteiger partial charge in [-0.2, -0.15) is 0 Å². The maximum atomic E-state index is 5.63. The highest BCUT2D eigenvalue weighted by atomic mass is 35.5. The second kappa shape index (κ2) is 2.93. The summed E-state index contributed by atoms with van der Waals surface area (Å²) in [5.41, 5.74) is 10.9. The molecule has 0 aromatic carbocycles. The van der Waals surface area contributed by atoms with Gasteiger partial charge in [0.05, 0.1) is 15.7 Å². The molecule has 0 saturated carbocycles. The summed E-state index contributed by atoms with van der Waals surface area (Å²) in [6.45, 7) is 0. The van der Waals surface area contributed by atoms with E-state index in [9.17, 15) is 0 Å². The molecule has 1 aromatic rings. The number of halogens is 3. The van der Waals surface area contributed by atoms with Crippen molar-refractivity contribution in [1.29, 1.82) is 0 Å². The maximum absolute atomic E-state index is 5.63. The molecule has 1 rings (SSSR count). The summed E-state index contributed by atoms with van der Waals surface area (Å²) in [4.78, 5) is 3.64. The van der Waals surface area contributed by atoms with Crippen molar-refractivity contribution in [1.82, 2.24) is 4.98 Å². The lowest BCUT2D eigenvalue weighted by Crippen LogP contribution is -1.99. The highest BCUT2D eigenvalue weighted by Crippen LogP contribution is 2.35. The van der Waals surface area contributed by atoms with Crippen molar-refractivity contribution in [3.05, 3.63) is 15.2 Å². The predicted molar refractivity (Wildman–Crippen MR) is 48.1 cm³/mol. The Bertz CT molecular complexity index is 273. The van der Waals surface area contributed by atoms with E-state index in [4.69, 9.17) is 46.3 Å². The number of rotatable bonds is 0. The third kappa shape index (κ3) is 1.45. The Labute approximate surface area is 78.2 Å². The van der Waals surface area contributed by atoms with E-state index in [1.165, 1.54) is 0 Å². The standard InChI is InChI=1S/C5H4Cl3N3/c6-1-2(7)4(8)11-5(10)3(1)9/h9H2,(H2,10,11). The fourth-order valence-corrected chi connectivity index (χ4v) is 1.10. The Morgan fingerprint density at radius 3 is 2.09 bits per heavy atom. The van der Waals surface area contributed by atoms with Crippen molar-refractivity contribution in [2.45, 2.75) is 0 Å². The van der Waals surface area contributed by atoms with Crippen molar-refractivity contribution in [3.8, 4) is 0 Å². The monoisotopic (exact) mass is 211 g/mol. The van der Waals surface area contributed by atoms with E-state index in [0.717, 1.165) is 0 Å². The number of nitrogens with zero attached hydrogens (tertiary/aromatic N) is 1. The Hall–Kier alpha value is -0.380. The molecular formula is C5H4Cl3N3. The van der Waals surface area contributed by atoms with Crippen LogP contribution in [0, 0.1) is 0 Å². The Morgan fingerprint density at radius 2 is 1.55 bits per heavy atom. The molecule has 0 spiro atoms. The van der Waals surface area contributed by atoms with Crippen LogP contribution in [-0.2, 0) is 0 Å². The topological polar surface area (TPSA) is 64.9 Å². The molecule has 0 aliphatic rings. The van der Waals surface area contributed by atoms with Gasteiger partial charge < -0.3 is 11.5 Å². The zero-order valence-electron chi connectivity index (χ0n) is 5.24. The van der Waals surface area contributed by atoms with Gasteiger partial charge in [-0.3, -0.25) is 0 Å². The first-order valence-electron chi connectivity index (χ1n) is 2.59. The molecule has 0 unspecified atom stereocenters. The largest absolute Gasteiger partial charge is 0.394 e. The van der Waals surface area contributed by atoms with Gasteiger partial charge >= 0.3 is 0 Å². The van der Waals surface area contributed by atoms with Gasteiger partial charge in [0.15, 0.2) is 5.15 Å². The van der Waals surface area contributed by atoms with Crippen LogP contribution < -0.4 is 11.5 Å². The van der Waals surface area contributed by atoms with Crippen LogP contribution in [-0.4, -0.2) is 4.98 Å². The summed E-state index contributed by atoms with van der Waals surface area (Å²) in [6, 6.07) is 0. The molecular weight excluding hydrogens is 208 g/mol. The number of anilines is 2. The summed E-state index contributed by atoms with van der Waals surface area (Å²) in [6.07, 6.45) is 0. The minimum Gasteiger partial charge on any atom is -0.394 e. The maximum Gasteiger partial charge on any atom is 0.151 e.